The van der Waals surface area contributed by atoms with Gasteiger partial charge in [-0.25, -0.2) is 0 Å². The second-order valence-electron chi connectivity index (χ2n) is 8.72. The van der Waals surface area contributed by atoms with Crippen molar-refractivity contribution in [2.75, 3.05) is 19.6 Å². The van der Waals surface area contributed by atoms with Gasteiger partial charge in [-0.05, 0) is 32.8 Å². The average molecular weight is 343 g/mol. The molecule has 3 nitrogen and oxygen atoms in total. The van der Waals surface area contributed by atoms with E-state index in [2.05, 4.69) is 47.9 Å². The molecule has 0 aromatic heterocycles. The van der Waals surface area contributed by atoms with Crippen LogP contribution in [0.4, 0.5) is 0 Å². The number of ether oxygens (including phenoxy) is 1. The molecule has 2 fully saturated rings. The number of hydrogen-bond donors (Lipinski definition) is 0. The molecular formula is C22H34N2O. The molecule has 1 saturated carbocycles. The predicted octanol–water partition coefficient (Wildman–Crippen LogP) is 4.46. The van der Waals surface area contributed by atoms with E-state index in [1.165, 1.54) is 50.8 Å². The molecule has 2 aliphatic heterocycles. The first kappa shape index (κ1) is 17.4. The third-order valence-electron chi connectivity index (χ3n) is 6.69. The highest BCUT2D eigenvalue weighted by molar-refractivity contribution is 5.35. The molecule has 0 bridgehead atoms. The van der Waals surface area contributed by atoms with E-state index in [9.17, 15) is 0 Å². The Balaban J connectivity index is 1.58. The summed E-state index contributed by atoms with van der Waals surface area (Å²) in [5.74, 6) is 1.14. The SMILES string of the molecule is CC(C)N1CCC2(CC1)CN(C1CCCCC1)Cc1ccccc1O2. The number of benzene rings is 1. The van der Waals surface area contributed by atoms with Crippen molar-refractivity contribution in [1.29, 1.82) is 0 Å². The average Bonchev–Trinajstić information content (AvgIpc) is 2.79. The van der Waals surface area contributed by atoms with Crippen molar-refractivity contribution >= 4 is 0 Å². The Bertz CT molecular complexity index is 571. The Hall–Kier alpha value is -1.06. The summed E-state index contributed by atoms with van der Waals surface area (Å²) in [7, 11) is 0. The lowest BCUT2D eigenvalue weighted by Gasteiger charge is -2.45. The second kappa shape index (κ2) is 7.28. The lowest BCUT2D eigenvalue weighted by molar-refractivity contribution is -0.0350. The van der Waals surface area contributed by atoms with Gasteiger partial charge in [-0.2, -0.15) is 0 Å². The maximum absolute atomic E-state index is 6.77. The summed E-state index contributed by atoms with van der Waals surface area (Å²) in [6.45, 7) is 9.14. The zero-order valence-electron chi connectivity index (χ0n) is 16.0. The van der Waals surface area contributed by atoms with Crippen LogP contribution in [-0.2, 0) is 6.54 Å². The highest BCUT2D eigenvalue weighted by Gasteiger charge is 2.42. The van der Waals surface area contributed by atoms with Crippen molar-refractivity contribution in [3.63, 3.8) is 0 Å². The van der Waals surface area contributed by atoms with E-state index >= 15 is 0 Å². The fraction of sp³-hybridized carbons (Fsp3) is 0.727. The van der Waals surface area contributed by atoms with Crippen LogP contribution < -0.4 is 4.74 Å². The Morgan fingerprint density at radius 1 is 1.04 bits per heavy atom. The Morgan fingerprint density at radius 2 is 1.76 bits per heavy atom. The maximum Gasteiger partial charge on any atom is 0.124 e. The molecule has 1 aromatic carbocycles. The summed E-state index contributed by atoms with van der Waals surface area (Å²) in [5, 5.41) is 0. The molecule has 0 amide bonds. The minimum atomic E-state index is 0.00937. The summed E-state index contributed by atoms with van der Waals surface area (Å²) >= 11 is 0. The molecule has 0 N–H and O–H groups in total. The van der Waals surface area contributed by atoms with Crippen LogP contribution in [0.15, 0.2) is 24.3 Å². The lowest BCUT2D eigenvalue weighted by atomic mass is 9.87. The monoisotopic (exact) mass is 342 g/mol. The summed E-state index contributed by atoms with van der Waals surface area (Å²) in [6.07, 6.45) is 9.28. The van der Waals surface area contributed by atoms with Crippen LogP contribution in [0.5, 0.6) is 5.75 Å². The smallest absolute Gasteiger partial charge is 0.124 e. The minimum absolute atomic E-state index is 0.00937. The summed E-state index contributed by atoms with van der Waals surface area (Å²) in [6, 6.07) is 10.2. The predicted molar refractivity (Wildman–Crippen MR) is 103 cm³/mol. The van der Waals surface area contributed by atoms with Gasteiger partial charge in [0.1, 0.15) is 11.4 Å². The largest absolute Gasteiger partial charge is 0.486 e. The van der Waals surface area contributed by atoms with Gasteiger partial charge in [-0.15, -0.1) is 0 Å². The van der Waals surface area contributed by atoms with Gasteiger partial charge < -0.3 is 9.64 Å². The molecule has 1 aliphatic carbocycles. The van der Waals surface area contributed by atoms with Crippen LogP contribution in [-0.4, -0.2) is 47.1 Å². The first-order valence-electron chi connectivity index (χ1n) is 10.4. The van der Waals surface area contributed by atoms with E-state index in [1.54, 1.807) is 0 Å². The Kier molecular flexibility index (Phi) is 5.06. The van der Waals surface area contributed by atoms with E-state index in [0.717, 1.165) is 37.7 Å². The fourth-order valence-corrected chi connectivity index (χ4v) is 5.06. The molecular weight excluding hydrogens is 308 g/mol. The molecule has 0 radical (unpaired) electrons. The molecule has 138 valence electrons. The molecule has 25 heavy (non-hydrogen) atoms. The Morgan fingerprint density at radius 3 is 2.48 bits per heavy atom. The zero-order valence-corrected chi connectivity index (χ0v) is 16.0. The molecule has 1 saturated heterocycles. The quantitative estimate of drug-likeness (QED) is 0.789. The van der Waals surface area contributed by atoms with E-state index in [4.69, 9.17) is 4.74 Å². The van der Waals surface area contributed by atoms with Gasteiger partial charge in [-0.3, -0.25) is 4.90 Å². The summed E-state index contributed by atoms with van der Waals surface area (Å²) in [4.78, 5) is 5.38. The minimum Gasteiger partial charge on any atom is -0.486 e. The summed E-state index contributed by atoms with van der Waals surface area (Å²) < 4.78 is 6.77. The van der Waals surface area contributed by atoms with Gasteiger partial charge in [0.2, 0.25) is 0 Å². The van der Waals surface area contributed by atoms with E-state index in [0.29, 0.717) is 6.04 Å². The number of rotatable bonds is 2. The highest BCUT2D eigenvalue weighted by Crippen LogP contribution is 2.38. The topological polar surface area (TPSA) is 15.7 Å². The first-order chi connectivity index (χ1) is 12.2. The van der Waals surface area contributed by atoms with Crippen LogP contribution in [0.25, 0.3) is 0 Å². The van der Waals surface area contributed by atoms with E-state index in [-0.39, 0.29) is 5.60 Å². The lowest BCUT2D eigenvalue weighted by Crippen LogP contribution is -2.55. The van der Waals surface area contributed by atoms with Crippen molar-refractivity contribution in [2.45, 2.75) is 83.0 Å². The van der Waals surface area contributed by atoms with Crippen LogP contribution in [0.3, 0.4) is 0 Å². The second-order valence-corrected chi connectivity index (χ2v) is 8.72. The third-order valence-corrected chi connectivity index (χ3v) is 6.69. The van der Waals surface area contributed by atoms with Gasteiger partial charge in [0.05, 0.1) is 0 Å². The van der Waals surface area contributed by atoms with Gasteiger partial charge in [0.15, 0.2) is 0 Å². The van der Waals surface area contributed by atoms with Crippen molar-refractivity contribution in [3.8, 4) is 5.75 Å². The van der Waals surface area contributed by atoms with Crippen LogP contribution in [0, 0.1) is 0 Å². The molecule has 4 rings (SSSR count). The molecule has 0 unspecified atom stereocenters. The number of hydrogen-bond acceptors (Lipinski definition) is 3. The number of nitrogens with zero attached hydrogens (tertiary/aromatic N) is 2. The molecule has 2 heterocycles. The number of likely N-dealkylation sites (tertiary alicyclic amines) is 1. The highest BCUT2D eigenvalue weighted by atomic mass is 16.5. The van der Waals surface area contributed by atoms with Crippen molar-refractivity contribution < 1.29 is 4.74 Å². The Labute approximate surface area is 153 Å². The summed E-state index contributed by atoms with van der Waals surface area (Å²) in [5.41, 5.74) is 1.39. The normalized spacial score (nSPS) is 25.6. The van der Waals surface area contributed by atoms with Gasteiger partial charge in [-0.1, -0.05) is 37.5 Å². The first-order valence-corrected chi connectivity index (χ1v) is 10.4. The maximum atomic E-state index is 6.77. The molecule has 3 aliphatic rings. The third kappa shape index (κ3) is 3.73. The molecule has 3 heteroatoms. The fourth-order valence-electron chi connectivity index (χ4n) is 5.06. The van der Waals surface area contributed by atoms with Crippen LogP contribution >= 0.6 is 0 Å². The van der Waals surface area contributed by atoms with E-state index in [1.807, 2.05) is 0 Å². The van der Waals surface area contributed by atoms with Crippen molar-refractivity contribution in [1.82, 2.24) is 9.80 Å². The van der Waals surface area contributed by atoms with Crippen molar-refractivity contribution in [3.05, 3.63) is 29.8 Å². The molecule has 1 aromatic rings. The van der Waals surface area contributed by atoms with E-state index < -0.39 is 0 Å². The van der Waals surface area contributed by atoms with Crippen molar-refractivity contribution in [2.24, 2.45) is 0 Å². The van der Waals surface area contributed by atoms with Crippen LogP contribution in [0.2, 0.25) is 0 Å². The zero-order chi connectivity index (χ0) is 17.3. The number of piperidine rings is 1. The van der Waals surface area contributed by atoms with Gasteiger partial charge in [0.25, 0.3) is 0 Å². The molecule has 1 spiro atoms. The number of para-hydroxylation sites is 1. The van der Waals surface area contributed by atoms with Gasteiger partial charge >= 0.3 is 0 Å². The number of fused-ring (bicyclic) bond motifs is 1. The van der Waals surface area contributed by atoms with Crippen LogP contribution in [0.1, 0.15) is 64.4 Å². The van der Waals surface area contributed by atoms with Gasteiger partial charge in [0, 0.05) is 56.7 Å². The molecule has 0 atom stereocenters. The standard InChI is InChI=1S/C22H34N2O/c1-18(2)23-14-12-22(13-15-23)17-24(20-9-4-3-5-10-20)16-19-8-6-7-11-21(19)25-22/h6-8,11,18,20H,3-5,9-10,12-17H2,1-2H3.